The second-order valence-electron chi connectivity index (χ2n) is 5.77. The molecule has 0 radical (unpaired) electrons. The second kappa shape index (κ2) is 5.76. The Labute approximate surface area is 124 Å². The summed E-state index contributed by atoms with van der Waals surface area (Å²) in [4.78, 5) is 11.2. The maximum atomic E-state index is 12.6. The van der Waals surface area contributed by atoms with Crippen LogP contribution in [0.25, 0.3) is 0 Å². The number of aryl methyl sites for hydroxylation is 1. The number of sulfonamides is 1. The summed E-state index contributed by atoms with van der Waals surface area (Å²) in [6.45, 7) is 3.65. The zero-order valence-corrected chi connectivity index (χ0v) is 13.3. The molecule has 0 aliphatic heterocycles. The molecule has 7 nitrogen and oxygen atoms in total. The molecular weight excluding hydrogens is 294 g/mol. The van der Waals surface area contributed by atoms with Crippen LogP contribution in [0.4, 0.5) is 0 Å². The van der Waals surface area contributed by atoms with E-state index in [1.807, 2.05) is 0 Å². The van der Waals surface area contributed by atoms with Crippen LogP contribution in [0.5, 0.6) is 0 Å². The highest BCUT2D eigenvalue weighted by Gasteiger charge is 2.35. The number of aromatic amines is 1. The topological polar surface area (TPSA) is 103 Å². The number of hydrogen-bond donors (Lipinski definition) is 2. The van der Waals surface area contributed by atoms with E-state index in [1.165, 1.54) is 18.3 Å². The maximum absolute atomic E-state index is 12.6. The molecule has 0 spiro atoms. The summed E-state index contributed by atoms with van der Waals surface area (Å²) < 4.78 is 26.5. The Kier molecular flexibility index (Phi) is 4.38. The third kappa shape index (κ3) is 2.96. The number of nitrogens with zero attached hydrogens (tertiary/aromatic N) is 2. The lowest BCUT2D eigenvalue weighted by molar-refractivity contribution is 0.0691. The largest absolute Gasteiger partial charge is 0.478 e. The SMILES string of the molecule is Cc1[nH]nc(S(=O)(=O)N(C)C2CCC(C)CC2)c1C(=O)O. The fourth-order valence-corrected chi connectivity index (χ4v) is 4.32. The van der Waals surface area contributed by atoms with Crippen LogP contribution in [0.15, 0.2) is 5.03 Å². The van der Waals surface area contributed by atoms with Gasteiger partial charge >= 0.3 is 5.97 Å². The summed E-state index contributed by atoms with van der Waals surface area (Å²) in [5, 5.41) is 14.9. The lowest BCUT2D eigenvalue weighted by Crippen LogP contribution is -2.39. The number of aromatic carboxylic acids is 1. The van der Waals surface area contributed by atoms with Crippen molar-refractivity contribution >= 4 is 16.0 Å². The van der Waals surface area contributed by atoms with Gasteiger partial charge in [0.15, 0.2) is 0 Å². The normalized spacial score (nSPS) is 23.4. The molecule has 0 unspecified atom stereocenters. The quantitative estimate of drug-likeness (QED) is 0.878. The van der Waals surface area contributed by atoms with Gasteiger partial charge in [0.05, 0.1) is 0 Å². The van der Waals surface area contributed by atoms with Crippen molar-refractivity contribution in [3.63, 3.8) is 0 Å². The van der Waals surface area contributed by atoms with Gasteiger partial charge in [-0.05, 0) is 38.5 Å². The standard InChI is InChI=1S/C13H21N3O4S/c1-8-4-6-10(7-5-8)16(3)21(19,20)12-11(13(17)18)9(2)14-15-12/h8,10H,4-7H2,1-3H3,(H,14,15)(H,17,18). The number of carboxylic acids is 1. The van der Waals surface area contributed by atoms with Gasteiger partial charge in [0.2, 0.25) is 5.03 Å². The Morgan fingerprint density at radius 3 is 2.43 bits per heavy atom. The zero-order chi connectivity index (χ0) is 15.8. The number of rotatable bonds is 4. The molecule has 1 aromatic heterocycles. The maximum Gasteiger partial charge on any atom is 0.340 e. The Morgan fingerprint density at radius 1 is 1.33 bits per heavy atom. The minimum atomic E-state index is -3.90. The number of aromatic nitrogens is 2. The molecule has 0 saturated heterocycles. The first-order valence-electron chi connectivity index (χ1n) is 7.01. The average molecular weight is 315 g/mol. The summed E-state index contributed by atoms with van der Waals surface area (Å²) in [5.41, 5.74) is -0.0298. The van der Waals surface area contributed by atoms with Gasteiger partial charge in [0.25, 0.3) is 10.0 Å². The average Bonchev–Trinajstić information content (AvgIpc) is 2.81. The number of carbonyl (C=O) groups is 1. The first kappa shape index (κ1) is 16.0. The molecule has 118 valence electrons. The van der Waals surface area contributed by atoms with E-state index < -0.39 is 21.0 Å². The van der Waals surface area contributed by atoms with Gasteiger partial charge in [-0.1, -0.05) is 6.92 Å². The van der Waals surface area contributed by atoms with Crippen molar-refractivity contribution < 1.29 is 18.3 Å². The molecule has 1 aliphatic carbocycles. The van der Waals surface area contributed by atoms with Crippen molar-refractivity contribution in [1.82, 2.24) is 14.5 Å². The summed E-state index contributed by atoms with van der Waals surface area (Å²) >= 11 is 0. The van der Waals surface area contributed by atoms with Crippen LogP contribution in [-0.2, 0) is 10.0 Å². The Bertz CT molecular complexity index is 630. The highest BCUT2D eigenvalue weighted by Crippen LogP contribution is 2.30. The molecule has 0 amide bonds. The van der Waals surface area contributed by atoms with Crippen LogP contribution >= 0.6 is 0 Å². The van der Waals surface area contributed by atoms with E-state index in [1.54, 1.807) is 0 Å². The monoisotopic (exact) mass is 315 g/mol. The molecule has 2 rings (SSSR count). The molecule has 8 heteroatoms. The summed E-state index contributed by atoms with van der Waals surface area (Å²) in [5.74, 6) is -0.676. The fourth-order valence-electron chi connectivity index (χ4n) is 2.78. The van der Waals surface area contributed by atoms with Gasteiger partial charge in [-0.3, -0.25) is 5.10 Å². The molecule has 0 aromatic carbocycles. The van der Waals surface area contributed by atoms with Crippen LogP contribution in [-0.4, -0.2) is 47.1 Å². The molecule has 1 aromatic rings. The second-order valence-corrected chi connectivity index (χ2v) is 7.68. The number of carboxylic acid groups (broad SMARTS) is 1. The highest BCUT2D eigenvalue weighted by molar-refractivity contribution is 7.89. The van der Waals surface area contributed by atoms with E-state index in [0.717, 1.165) is 25.7 Å². The molecule has 0 bridgehead atoms. The van der Waals surface area contributed by atoms with Crippen molar-refractivity contribution in [2.24, 2.45) is 5.92 Å². The van der Waals surface area contributed by atoms with Crippen molar-refractivity contribution in [2.75, 3.05) is 7.05 Å². The van der Waals surface area contributed by atoms with Gasteiger partial charge in [-0.25, -0.2) is 13.2 Å². The van der Waals surface area contributed by atoms with Crippen molar-refractivity contribution in [2.45, 2.75) is 50.6 Å². The number of nitrogens with one attached hydrogen (secondary N) is 1. The zero-order valence-electron chi connectivity index (χ0n) is 12.5. The molecule has 1 aliphatic rings. The Balaban J connectivity index is 2.32. The van der Waals surface area contributed by atoms with Gasteiger partial charge in [-0.15, -0.1) is 0 Å². The van der Waals surface area contributed by atoms with E-state index in [9.17, 15) is 18.3 Å². The molecule has 21 heavy (non-hydrogen) atoms. The lowest BCUT2D eigenvalue weighted by Gasteiger charge is -2.32. The van der Waals surface area contributed by atoms with Crippen LogP contribution in [0.3, 0.4) is 0 Å². The van der Waals surface area contributed by atoms with Crippen LogP contribution in [0.2, 0.25) is 0 Å². The minimum Gasteiger partial charge on any atom is -0.478 e. The first-order valence-corrected chi connectivity index (χ1v) is 8.45. The molecule has 2 N–H and O–H groups in total. The molecule has 1 heterocycles. The number of H-pyrrole nitrogens is 1. The Morgan fingerprint density at radius 2 is 1.90 bits per heavy atom. The fraction of sp³-hybridized carbons (Fsp3) is 0.692. The van der Waals surface area contributed by atoms with E-state index in [4.69, 9.17) is 0 Å². The summed E-state index contributed by atoms with van der Waals surface area (Å²) in [6, 6.07) is -0.0927. The first-order chi connectivity index (χ1) is 9.75. The van der Waals surface area contributed by atoms with Crippen LogP contribution < -0.4 is 0 Å². The van der Waals surface area contributed by atoms with E-state index in [0.29, 0.717) is 5.92 Å². The van der Waals surface area contributed by atoms with Gasteiger partial charge < -0.3 is 5.11 Å². The lowest BCUT2D eigenvalue weighted by atomic mass is 9.87. The van der Waals surface area contributed by atoms with E-state index in [2.05, 4.69) is 17.1 Å². The molecule has 1 saturated carbocycles. The smallest absolute Gasteiger partial charge is 0.340 e. The van der Waals surface area contributed by atoms with Gasteiger partial charge in [0.1, 0.15) is 5.56 Å². The molecular formula is C13H21N3O4S. The van der Waals surface area contributed by atoms with E-state index in [-0.39, 0.29) is 17.3 Å². The third-order valence-electron chi connectivity index (χ3n) is 4.25. The van der Waals surface area contributed by atoms with E-state index >= 15 is 0 Å². The minimum absolute atomic E-state index is 0.0927. The van der Waals surface area contributed by atoms with Crippen molar-refractivity contribution in [1.29, 1.82) is 0 Å². The summed E-state index contributed by atoms with van der Waals surface area (Å²) in [6.07, 6.45) is 3.55. The van der Waals surface area contributed by atoms with Gasteiger partial charge in [0, 0.05) is 18.8 Å². The predicted molar refractivity (Wildman–Crippen MR) is 76.7 cm³/mol. The Hall–Kier alpha value is -1.41. The molecule has 1 fully saturated rings. The van der Waals surface area contributed by atoms with Crippen molar-refractivity contribution in [3.05, 3.63) is 11.3 Å². The summed E-state index contributed by atoms with van der Waals surface area (Å²) in [7, 11) is -2.40. The van der Waals surface area contributed by atoms with Crippen molar-refractivity contribution in [3.8, 4) is 0 Å². The highest BCUT2D eigenvalue weighted by atomic mass is 32.2. The number of hydrogen-bond acceptors (Lipinski definition) is 4. The van der Waals surface area contributed by atoms with Crippen LogP contribution in [0, 0.1) is 12.8 Å². The molecule has 0 atom stereocenters. The van der Waals surface area contributed by atoms with Crippen LogP contribution in [0.1, 0.15) is 48.7 Å². The predicted octanol–water partition coefficient (Wildman–Crippen LogP) is 1.62. The third-order valence-corrected chi connectivity index (χ3v) is 6.09. The van der Waals surface area contributed by atoms with Gasteiger partial charge in [-0.2, -0.15) is 9.40 Å².